The highest BCUT2D eigenvalue weighted by atomic mass is 35.5. The molecule has 0 spiro atoms. The van der Waals surface area contributed by atoms with Crippen LogP contribution >= 0.6 is 58.0 Å². The molecule has 0 saturated heterocycles. The minimum atomic E-state index is -0.0808. The van der Waals surface area contributed by atoms with Crippen molar-refractivity contribution in [2.45, 2.75) is 0 Å². The van der Waals surface area contributed by atoms with Crippen molar-refractivity contribution in [1.29, 1.82) is 0 Å². The van der Waals surface area contributed by atoms with E-state index in [1.54, 1.807) is 12.1 Å². The number of hydrogen-bond donors (Lipinski definition) is 3. The number of fused-ring (bicyclic) bond motifs is 2. The summed E-state index contributed by atoms with van der Waals surface area (Å²) in [5, 5.41) is 22.0. The van der Waals surface area contributed by atoms with Crippen LogP contribution in [-0.2, 0) is 0 Å². The lowest BCUT2D eigenvalue weighted by molar-refractivity contribution is 0.480. The van der Waals surface area contributed by atoms with E-state index in [1.807, 2.05) is 0 Å². The van der Waals surface area contributed by atoms with Crippen molar-refractivity contribution >= 4 is 85.5 Å². The van der Waals surface area contributed by atoms with Gasteiger partial charge in [0.05, 0.1) is 37.0 Å². The Morgan fingerprint density at radius 1 is 0.643 bits per heavy atom. The summed E-state index contributed by atoms with van der Waals surface area (Å²) in [5.41, 5.74) is 6.74. The number of nitrogen functional groups attached to an aromatic ring is 1. The molecule has 0 aliphatic carbocycles. The summed E-state index contributed by atoms with van der Waals surface area (Å²) >= 11 is 29.0. The first-order valence-electron chi connectivity index (χ1n) is 7.53. The second-order valence-electron chi connectivity index (χ2n) is 5.59. The molecular formula is C18H10Cl5N3O2. The van der Waals surface area contributed by atoms with Gasteiger partial charge in [0.2, 0.25) is 0 Å². The molecule has 0 amide bonds. The van der Waals surface area contributed by atoms with Crippen LogP contribution in [0.3, 0.4) is 0 Å². The third-order valence-electron chi connectivity index (χ3n) is 3.69. The molecule has 0 fully saturated rings. The fraction of sp³-hybridized carbons (Fsp3) is 0. The third-order valence-corrected chi connectivity index (χ3v) is 5.09. The molecule has 2 aromatic heterocycles. The SMILES string of the molecule is Nc1cnc2c(O)c(Cl)cc(Cl)c2c1.Oc1c(Cl)cc(Cl)c2cc(Cl)cnc12. The van der Waals surface area contributed by atoms with Crippen LogP contribution in [0.4, 0.5) is 5.69 Å². The summed E-state index contributed by atoms with van der Waals surface area (Å²) in [7, 11) is 0. The van der Waals surface area contributed by atoms with E-state index in [0.29, 0.717) is 42.6 Å². The van der Waals surface area contributed by atoms with Gasteiger partial charge in [-0.1, -0.05) is 58.0 Å². The quantitative estimate of drug-likeness (QED) is 0.261. The van der Waals surface area contributed by atoms with Gasteiger partial charge in [0.1, 0.15) is 11.0 Å². The molecule has 4 aromatic rings. The Balaban J connectivity index is 0.000000161. The molecule has 0 aliphatic heterocycles. The molecule has 4 rings (SSSR count). The zero-order valence-corrected chi connectivity index (χ0v) is 17.5. The smallest absolute Gasteiger partial charge is 0.160 e. The van der Waals surface area contributed by atoms with Gasteiger partial charge < -0.3 is 15.9 Å². The topological polar surface area (TPSA) is 92.3 Å². The van der Waals surface area contributed by atoms with Crippen LogP contribution in [0.15, 0.2) is 36.7 Å². The molecule has 2 heterocycles. The fourth-order valence-corrected chi connectivity index (χ4v) is 3.58. The van der Waals surface area contributed by atoms with E-state index in [1.165, 1.54) is 24.5 Å². The Kier molecular flexibility index (Phi) is 6.12. The van der Waals surface area contributed by atoms with Crippen molar-refractivity contribution in [3.8, 4) is 11.5 Å². The maximum absolute atomic E-state index is 9.58. The number of nitrogens with zero attached hydrogens (tertiary/aromatic N) is 2. The lowest BCUT2D eigenvalue weighted by atomic mass is 10.2. The second-order valence-corrected chi connectivity index (χ2v) is 7.66. The van der Waals surface area contributed by atoms with Gasteiger partial charge in [-0.2, -0.15) is 0 Å². The highest BCUT2D eigenvalue weighted by Crippen LogP contribution is 2.37. The highest BCUT2D eigenvalue weighted by molar-refractivity contribution is 6.40. The minimum Gasteiger partial charge on any atom is -0.504 e. The maximum atomic E-state index is 9.58. The molecule has 0 aliphatic rings. The van der Waals surface area contributed by atoms with Crippen LogP contribution in [-0.4, -0.2) is 20.2 Å². The van der Waals surface area contributed by atoms with Crippen LogP contribution in [0.1, 0.15) is 0 Å². The van der Waals surface area contributed by atoms with E-state index in [9.17, 15) is 10.2 Å². The van der Waals surface area contributed by atoms with Crippen molar-refractivity contribution in [3.05, 3.63) is 61.8 Å². The summed E-state index contributed by atoms with van der Waals surface area (Å²) < 4.78 is 0. The number of phenolic OH excluding ortho intramolecular Hbond substituents is 2. The average molecular weight is 478 g/mol. The number of anilines is 1. The second kappa shape index (κ2) is 8.23. The Morgan fingerprint density at radius 3 is 1.64 bits per heavy atom. The predicted octanol–water partition coefficient (Wildman–Crippen LogP) is 6.73. The van der Waals surface area contributed by atoms with Gasteiger partial charge in [0.15, 0.2) is 11.5 Å². The van der Waals surface area contributed by atoms with Gasteiger partial charge in [0, 0.05) is 17.0 Å². The van der Waals surface area contributed by atoms with Gasteiger partial charge in [-0.3, -0.25) is 9.97 Å². The molecular weight excluding hydrogens is 467 g/mol. The molecule has 0 atom stereocenters. The molecule has 28 heavy (non-hydrogen) atoms. The number of hydrogen-bond acceptors (Lipinski definition) is 5. The summed E-state index contributed by atoms with van der Waals surface area (Å²) in [6.45, 7) is 0. The minimum absolute atomic E-state index is 0.0777. The number of aromatic hydroxyl groups is 2. The Hall–Kier alpha value is -1.89. The van der Waals surface area contributed by atoms with Gasteiger partial charge >= 0.3 is 0 Å². The number of rotatable bonds is 0. The zero-order valence-electron chi connectivity index (χ0n) is 13.7. The Labute approximate surface area is 184 Å². The van der Waals surface area contributed by atoms with Crippen LogP contribution in [0.5, 0.6) is 11.5 Å². The number of aromatic nitrogens is 2. The first-order valence-corrected chi connectivity index (χ1v) is 9.42. The van der Waals surface area contributed by atoms with E-state index >= 15 is 0 Å². The fourth-order valence-electron chi connectivity index (χ4n) is 2.40. The zero-order chi connectivity index (χ0) is 20.6. The van der Waals surface area contributed by atoms with Crippen LogP contribution < -0.4 is 5.73 Å². The van der Waals surface area contributed by atoms with Crippen molar-refractivity contribution in [2.75, 3.05) is 5.73 Å². The van der Waals surface area contributed by atoms with E-state index in [2.05, 4.69) is 9.97 Å². The van der Waals surface area contributed by atoms with E-state index in [0.717, 1.165) is 0 Å². The van der Waals surface area contributed by atoms with Crippen LogP contribution in [0.2, 0.25) is 25.1 Å². The number of pyridine rings is 2. The van der Waals surface area contributed by atoms with E-state index in [-0.39, 0.29) is 21.5 Å². The van der Waals surface area contributed by atoms with E-state index < -0.39 is 0 Å². The van der Waals surface area contributed by atoms with E-state index in [4.69, 9.17) is 63.7 Å². The van der Waals surface area contributed by atoms with Crippen molar-refractivity contribution < 1.29 is 10.2 Å². The molecule has 0 unspecified atom stereocenters. The van der Waals surface area contributed by atoms with Crippen molar-refractivity contribution in [3.63, 3.8) is 0 Å². The lowest BCUT2D eigenvalue weighted by Crippen LogP contribution is -1.88. The van der Waals surface area contributed by atoms with Crippen LogP contribution in [0.25, 0.3) is 21.8 Å². The van der Waals surface area contributed by atoms with Crippen molar-refractivity contribution in [2.24, 2.45) is 0 Å². The number of phenols is 2. The van der Waals surface area contributed by atoms with Crippen molar-refractivity contribution in [1.82, 2.24) is 9.97 Å². The Morgan fingerprint density at radius 2 is 1.11 bits per heavy atom. The number of benzene rings is 2. The van der Waals surface area contributed by atoms with Gasteiger partial charge in [-0.25, -0.2) is 0 Å². The van der Waals surface area contributed by atoms with Crippen LogP contribution in [0, 0.1) is 0 Å². The standard InChI is InChI=1S/C9H4Cl3NO.C9H6Cl2N2O/c10-4-1-5-6(11)2-7(12)9(14)8(5)13-3-4;10-6-2-7(11)9(14)8-5(6)1-4(12)3-13-8/h1-3,14H;1-3,14H,12H2. The molecule has 144 valence electrons. The predicted molar refractivity (Wildman–Crippen MR) is 116 cm³/mol. The largest absolute Gasteiger partial charge is 0.504 e. The average Bonchev–Trinajstić information content (AvgIpc) is 2.65. The monoisotopic (exact) mass is 475 g/mol. The molecule has 0 saturated carbocycles. The number of nitrogens with two attached hydrogens (primary N) is 1. The normalized spacial score (nSPS) is 10.8. The summed E-state index contributed by atoms with van der Waals surface area (Å²) in [4.78, 5) is 7.91. The summed E-state index contributed by atoms with van der Waals surface area (Å²) in [6.07, 6.45) is 2.87. The van der Waals surface area contributed by atoms with Gasteiger partial charge in [0.25, 0.3) is 0 Å². The lowest BCUT2D eigenvalue weighted by Gasteiger charge is -2.04. The third kappa shape index (κ3) is 4.09. The summed E-state index contributed by atoms with van der Waals surface area (Å²) in [6, 6.07) is 6.18. The molecule has 0 bridgehead atoms. The molecule has 0 radical (unpaired) electrons. The Bertz CT molecular complexity index is 1120. The molecule has 4 N–H and O–H groups in total. The summed E-state index contributed by atoms with van der Waals surface area (Å²) in [5.74, 6) is -0.159. The van der Waals surface area contributed by atoms with Gasteiger partial charge in [-0.15, -0.1) is 0 Å². The first-order chi connectivity index (χ1) is 13.2. The first kappa shape index (κ1) is 20.8. The molecule has 5 nitrogen and oxygen atoms in total. The number of halogens is 5. The van der Waals surface area contributed by atoms with Gasteiger partial charge in [-0.05, 0) is 24.3 Å². The molecule has 10 heteroatoms. The maximum Gasteiger partial charge on any atom is 0.160 e. The highest BCUT2D eigenvalue weighted by Gasteiger charge is 2.11. The molecule has 2 aromatic carbocycles.